The molecule has 0 spiro atoms. The van der Waals surface area contributed by atoms with E-state index in [1.807, 2.05) is 42.5 Å². The lowest BCUT2D eigenvalue weighted by molar-refractivity contribution is -0.118. The SMILES string of the molecule is O=C(COc1ccc2ccccc2c1)Nc1nc2c(Cl)ccc(Cl)c2s1. The van der Waals surface area contributed by atoms with E-state index in [2.05, 4.69) is 10.3 Å². The van der Waals surface area contributed by atoms with Gasteiger partial charge in [-0.25, -0.2) is 4.98 Å². The van der Waals surface area contributed by atoms with Crippen LogP contribution in [0.3, 0.4) is 0 Å². The number of thiazole rings is 1. The van der Waals surface area contributed by atoms with Crippen molar-refractivity contribution in [2.75, 3.05) is 11.9 Å². The van der Waals surface area contributed by atoms with E-state index in [1.165, 1.54) is 11.3 Å². The van der Waals surface area contributed by atoms with Gasteiger partial charge in [0.05, 0.1) is 14.7 Å². The fourth-order valence-corrected chi connectivity index (χ4v) is 4.00. The summed E-state index contributed by atoms with van der Waals surface area (Å²) in [5, 5.41) is 6.37. The first kappa shape index (κ1) is 17.1. The molecule has 0 unspecified atom stereocenters. The van der Waals surface area contributed by atoms with Gasteiger partial charge >= 0.3 is 0 Å². The Morgan fingerprint density at radius 3 is 2.62 bits per heavy atom. The normalized spacial score (nSPS) is 11.0. The van der Waals surface area contributed by atoms with Crippen molar-refractivity contribution >= 4 is 66.6 Å². The van der Waals surface area contributed by atoms with Crippen LogP contribution in [0.5, 0.6) is 5.75 Å². The van der Waals surface area contributed by atoms with Crippen molar-refractivity contribution in [1.29, 1.82) is 0 Å². The second-order valence-electron chi connectivity index (χ2n) is 5.57. The highest BCUT2D eigenvalue weighted by Crippen LogP contribution is 2.36. The maximum Gasteiger partial charge on any atom is 0.264 e. The molecule has 0 aliphatic rings. The van der Waals surface area contributed by atoms with Gasteiger partial charge in [0.15, 0.2) is 11.7 Å². The molecule has 130 valence electrons. The first-order chi connectivity index (χ1) is 12.6. The maximum atomic E-state index is 12.2. The van der Waals surface area contributed by atoms with Gasteiger partial charge < -0.3 is 4.74 Å². The fraction of sp³-hybridized carbons (Fsp3) is 0.0526. The zero-order valence-electron chi connectivity index (χ0n) is 13.3. The van der Waals surface area contributed by atoms with Gasteiger partial charge in [0.25, 0.3) is 5.91 Å². The van der Waals surface area contributed by atoms with Crippen molar-refractivity contribution in [3.8, 4) is 5.75 Å². The highest BCUT2D eigenvalue weighted by molar-refractivity contribution is 7.23. The third-order valence-corrected chi connectivity index (χ3v) is 5.52. The van der Waals surface area contributed by atoms with E-state index in [4.69, 9.17) is 27.9 Å². The van der Waals surface area contributed by atoms with E-state index in [0.29, 0.717) is 26.4 Å². The molecule has 4 nitrogen and oxygen atoms in total. The first-order valence-electron chi connectivity index (χ1n) is 7.76. The fourth-order valence-electron chi connectivity index (χ4n) is 2.56. The molecule has 1 N–H and O–H groups in total. The van der Waals surface area contributed by atoms with E-state index >= 15 is 0 Å². The minimum atomic E-state index is -0.301. The van der Waals surface area contributed by atoms with Crippen LogP contribution in [0.4, 0.5) is 5.13 Å². The number of nitrogens with one attached hydrogen (secondary N) is 1. The van der Waals surface area contributed by atoms with Crippen LogP contribution in [0, 0.1) is 0 Å². The standard InChI is InChI=1S/C19H12Cl2N2O2S/c20-14-7-8-15(21)18-17(14)23-19(26-18)22-16(24)10-25-13-6-5-11-3-1-2-4-12(11)9-13/h1-9H,10H2,(H,22,23,24). The van der Waals surface area contributed by atoms with Crippen LogP contribution in [-0.4, -0.2) is 17.5 Å². The van der Waals surface area contributed by atoms with Crippen molar-refractivity contribution in [3.05, 3.63) is 64.6 Å². The number of benzene rings is 3. The van der Waals surface area contributed by atoms with Gasteiger partial charge in [-0.1, -0.05) is 64.9 Å². The van der Waals surface area contributed by atoms with Gasteiger partial charge in [-0.2, -0.15) is 0 Å². The van der Waals surface area contributed by atoms with Gasteiger partial charge in [0.2, 0.25) is 0 Å². The Hall–Kier alpha value is -2.34. The van der Waals surface area contributed by atoms with E-state index in [0.717, 1.165) is 15.5 Å². The zero-order chi connectivity index (χ0) is 18.1. The largest absolute Gasteiger partial charge is 0.484 e. The van der Waals surface area contributed by atoms with Gasteiger partial charge in [-0.3, -0.25) is 10.1 Å². The molecule has 0 aliphatic carbocycles. The smallest absolute Gasteiger partial charge is 0.264 e. The quantitative estimate of drug-likeness (QED) is 0.470. The molecular weight excluding hydrogens is 391 g/mol. The number of aromatic nitrogens is 1. The molecule has 1 aromatic heterocycles. The summed E-state index contributed by atoms with van der Waals surface area (Å²) in [7, 11) is 0. The number of hydrogen-bond acceptors (Lipinski definition) is 4. The Morgan fingerprint density at radius 1 is 1.04 bits per heavy atom. The van der Waals surface area contributed by atoms with Gasteiger partial charge in [-0.15, -0.1) is 0 Å². The molecule has 3 aromatic carbocycles. The molecule has 0 bridgehead atoms. The number of carbonyl (C=O) groups excluding carboxylic acids is 1. The number of carbonyl (C=O) groups is 1. The number of halogens is 2. The predicted octanol–water partition coefficient (Wildman–Crippen LogP) is 5.77. The van der Waals surface area contributed by atoms with Gasteiger partial charge in [0, 0.05) is 0 Å². The Morgan fingerprint density at radius 2 is 1.81 bits per heavy atom. The van der Waals surface area contributed by atoms with Crippen LogP contribution in [0.2, 0.25) is 10.0 Å². The van der Waals surface area contributed by atoms with Gasteiger partial charge in [-0.05, 0) is 35.0 Å². The third kappa shape index (κ3) is 3.46. The van der Waals surface area contributed by atoms with Crippen molar-refractivity contribution < 1.29 is 9.53 Å². The summed E-state index contributed by atoms with van der Waals surface area (Å²) < 4.78 is 6.32. The summed E-state index contributed by atoms with van der Waals surface area (Å²) in [5.41, 5.74) is 0.579. The molecule has 26 heavy (non-hydrogen) atoms. The summed E-state index contributed by atoms with van der Waals surface area (Å²) in [6, 6.07) is 17.0. The molecule has 0 aliphatic heterocycles. The number of hydrogen-bond donors (Lipinski definition) is 1. The summed E-state index contributed by atoms with van der Waals surface area (Å²) in [6.45, 7) is -0.115. The second kappa shape index (κ2) is 7.11. The lowest BCUT2D eigenvalue weighted by Gasteiger charge is -2.07. The molecule has 4 aromatic rings. The highest BCUT2D eigenvalue weighted by Gasteiger charge is 2.13. The molecule has 4 rings (SSSR count). The minimum Gasteiger partial charge on any atom is -0.484 e. The Balaban J connectivity index is 1.45. The Bertz CT molecular complexity index is 1090. The zero-order valence-corrected chi connectivity index (χ0v) is 15.7. The van der Waals surface area contributed by atoms with Crippen LogP contribution in [0.25, 0.3) is 21.0 Å². The van der Waals surface area contributed by atoms with E-state index in [9.17, 15) is 4.79 Å². The predicted molar refractivity (Wildman–Crippen MR) is 108 cm³/mol. The first-order valence-corrected chi connectivity index (χ1v) is 9.33. The number of fused-ring (bicyclic) bond motifs is 2. The second-order valence-corrected chi connectivity index (χ2v) is 7.39. The lowest BCUT2D eigenvalue weighted by Crippen LogP contribution is -2.19. The Kier molecular flexibility index (Phi) is 4.68. The average Bonchev–Trinajstić information content (AvgIpc) is 3.08. The minimum absolute atomic E-state index is 0.115. The topological polar surface area (TPSA) is 51.2 Å². The summed E-state index contributed by atoms with van der Waals surface area (Å²) in [5.74, 6) is 0.332. The molecule has 0 atom stereocenters. The van der Waals surface area contributed by atoms with Crippen molar-refractivity contribution in [3.63, 3.8) is 0 Å². The molecular formula is C19H12Cl2N2O2S. The van der Waals surface area contributed by atoms with Crippen LogP contribution in [0.1, 0.15) is 0 Å². The molecule has 1 heterocycles. The molecule has 0 radical (unpaired) electrons. The number of amides is 1. The number of anilines is 1. The van der Waals surface area contributed by atoms with Crippen LogP contribution in [0.15, 0.2) is 54.6 Å². The van der Waals surface area contributed by atoms with Gasteiger partial charge in [0.1, 0.15) is 11.3 Å². The molecule has 0 saturated carbocycles. The monoisotopic (exact) mass is 402 g/mol. The molecule has 7 heteroatoms. The summed E-state index contributed by atoms with van der Waals surface area (Å²) in [4.78, 5) is 16.5. The Labute approximate surface area is 163 Å². The number of rotatable bonds is 4. The lowest BCUT2D eigenvalue weighted by atomic mass is 10.1. The average molecular weight is 403 g/mol. The van der Waals surface area contributed by atoms with Crippen molar-refractivity contribution in [1.82, 2.24) is 4.98 Å². The maximum absolute atomic E-state index is 12.2. The van der Waals surface area contributed by atoms with Crippen LogP contribution < -0.4 is 10.1 Å². The third-order valence-electron chi connectivity index (χ3n) is 3.78. The number of nitrogens with zero attached hydrogens (tertiary/aromatic N) is 1. The summed E-state index contributed by atoms with van der Waals surface area (Å²) in [6.07, 6.45) is 0. The van der Waals surface area contributed by atoms with E-state index in [1.54, 1.807) is 12.1 Å². The van der Waals surface area contributed by atoms with E-state index < -0.39 is 0 Å². The van der Waals surface area contributed by atoms with Crippen molar-refractivity contribution in [2.45, 2.75) is 0 Å². The van der Waals surface area contributed by atoms with Crippen LogP contribution >= 0.6 is 34.5 Å². The highest BCUT2D eigenvalue weighted by atomic mass is 35.5. The van der Waals surface area contributed by atoms with Crippen molar-refractivity contribution in [2.24, 2.45) is 0 Å². The van der Waals surface area contributed by atoms with E-state index in [-0.39, 0.29) is 12.5 Å². The number of ether oxygens (including phenoxy) is 1. The summed E-state index contributed by atoms with van der Waals surface area (Å²) >= 11 is 13.5. The molecule has 1 amide bonds. The van der Waals surface area contributed by atoms with Crippen LogP contribution in [-0.2, 0) is 4.79 Å². The molecule has 0 fully saturated rings. The molecule has 0 saturated heterocycles.